The smallest absolute Gasteiger partial charge is 0.119 e. The molecular formula is C17H21NO. The lowest BCUT2D eigenvalue weighted by molar-refractivity contribution is 0.415. The number of nitrogens with one attached hydrogen (secondary N) is 1. The van der Waals surface area contributed by atoms with Gasteiger partial charge < -0.3 is 10.1 Å². The van der Waals surface area contributed by atoms with Crippen LogP contribution in [0.15, 0.2) is 48.5 Å². The molecule has 0 heterocycles. The minimum Gasteiger partial charge on any atom is -0.497 e. The van der Waals surface area contributed by atoms with Crippen molar-refractivity contribution < 1.29 is 4.74 Å². The van der Waals surface area contributed by atoms with Gasteiger partial charge in [0.2, 0.25) is 0 Å². The van der Waals surface area contributed by atoms with Crippen LogP contribution < -0.4 is 10.1 Å². The van der Waals surface area contributed by atoms with Crippen LogP contribution in [0.1, 0.15) is 25.5 Å². The maximum Gasteiger partial charge on any atom is 0.119 e. The van der Waals surface area contributed by atoms with Gasteiger partial charge in [-0.2, -0.15) is 0 Å². The average Bonchev–Trinajstić information content (AvgIpc) is 2.48. The van der Waals surface area contributed by atoms with Crippen molar-refractivity contribution in [1.82, 2.24) is 5.32 Å². The summed E-state index contributed by atoms with van der Waals surface area (Å²) in [5, 5.41) is 3.42. The largest absolute Gasteiger partial charge is 0.497 e. The molecule has 2 rings (SSSR count). The summed E-state index contributed by atoms with van der Waals surface area (Å²) >= 11 is 0. The molecule has 0 aliphatic rings. The fourth-order valence-corrected chi connectivity index (χ4v) is 2.19. The Balaban J connectivity index is 2.22. The van der Waals surface area contributed by atoms with Crippen molar-refractivity contribution in [2.75, 3.05) is 13.7 Å². The Hall–Kier alpha value is -1.80. The first-order chi connectivity index (χ1) is 9.24. The predicted octanol–water partition coefficient (Wildman–Crippen LogP) is 4.03. The van der Waals surface area contributed by atoms with E-state index in [1.54, 1.807) is 7.11 Å². The first kappa shape index (κ1) is 13.6. The number of rotatable bonds is 5. The van der Waals surface area contributed by atoms with Crippen LogP contribution in [-0.4, -0.2) is 13.7 Å². The number of hydrogen-bond acceptors (Lipinski definition) is 2. The highest BCUT2D eigenvalue weighted by atomic mass is 16.5. The van der Waals surface area contributed by atoms with Crippen LogP contribution in [0.3, 0.4) is 0 Å². The van der Waals surface area contributed by atoms with Gasteiger partial charge in [0.1, 0.15) is 5.75 Å². The molecule has 1 atom stereocenters. The molecule has 0 amide bonds. The lowest BCUT2D eigenvalue weighted by Crippen LogP contribution is -2.17. The van der Waals surface area contributed by atoms with E-state index in [0.29, 0.717) is 6.04 Å². The summed E-state index contributed by atoms with van der Waals surface area (Å²) in [6, 6.07) is 17.2. The molecule has 0 spiro atoms. The van der Waals surface area contributed by atoms with E-state index in [9.17, 15) is 0 Å². The minimum absolute atomic E-state index is 0.393. The van der Waals surface area contributed by atoms with Gasteiger partial charge in [-0.3, -0.25) is 0 Å². The van der Waals surface area contributed by atoms with E-state index in [2.05, 4.69) is 55.6 Å². The Labute approximate surface area is 115 Å². The normalized spacial score (nSPS) is 12.2. The van der Waals surface area contributed by atoms with Gasteiger partial charge in [-0.25, -0.2) is 0 Å². The summed E-state index contributed by atoms with van der Waals surface area (Å²) in [6.45, 7) is 5.30. The second-order valence-electron chi connectivity index (χ2n) is 4.63. The number of ether oxygens (including phenoxy) is 1. The lowest BCUT2D eigenvalue weighted by Gasteiger charge is -2.13. The Bertz CT molecular complexity index is 519. The highest BCUT2D eigenvalue weighted by molar-refractivity contribution is 5.65. The second-order valence-corrected chi connectivity index (χ2v) is 4.63. The van der Waals surface area contributed by atoms with E-state index in [-0.39, 0.29) is 0 Å². The highest BCUT2D eigenvalue weighted by Crippen LogP contribution is 2.25. The van der Waals surface area contributed by atoms with Gasteiger partial charge >= 0.3 is 0 Å². The topological polar surface area (TPSA) is 21.3 Å². The van der Waals surface area contributed by atoms with E-state index < -0.39 is 0 Å². The maximum atomic E-state index is 5.26. The molecule has 0 fully saturated rings. The number of benzene rings is 2. The Morgan fingerprint density at radius 1 is 1.05 bits per heavy atom. The van der Waals surface area contributed by atoms with Crippen molar-refractivity contribution in [3.05, 3.63) is 54.1 Å². The van der Waals surface area contributed by atoms with Gasteiger partial charge in [0.05, 0.1) is 7.11 Å². The quantitative estimate of drug-likeness (QED) is 0.871. The zero-order valence-corrected chi connectivity index (χ0v) is 11.8. The molecule has 0 aliphatic carbocycles. The third kappa shape index (κ3) is 3.36. The van der Waals surface area contributed by atoms with Crippen LogP contribution in [0.25, 0.3) is 11.1 Å². The Kier molecular flexibility index (Phi) is 4.58. The van der Waals surface area contributed by atoms with Gasteiger partial charge in [0.25, 0.3) is 0 Å². The van der Waals surface area contributed by atoms with E-state index >= 15 is 0 Å². The molecule has 0 saturated carbocycles. The second kappa shape index (κ2) is 6.39. The first-order valence-electron chi connectivity index (χ1n) is 6.72. The molecule has 0 bridgehead atoms. The van der Waals surface area contributed by atoms with Crippen LogP contribution in [0.4, 0.5) is 0 Å². The Morgan fingerprint density at radius 2 is 1.79 bits per heavy atom. The zero-order valence-electron chi connectivity index (χ0n) is 11.8. The number of methoxy groups -OCH3 is 1. The molecule has 0 aromatic heterocycles. The molecule has 0 radical (unpaired) electrons. The third-order valence-electron chi connectivity index (χ3n) is 3.32. The monoisotopic (exact) mass is 255 g/mol. The van der Waals surface area contributed by atoms with E-state index in [0.717, 1.165) is 12.3 Å². The van der Waals surface area contributed by atoms with Gasteiger partial charge in [0.15, 0.2) is 0 Å². The molecular weight excluding hydrogens is 234 g/mol. The molecule has 0 aliphatic heterocycles. The lowest BCUT2D eigenvalue weighted by atomic mass is 10.0. The standard InChI is InChI=1S/C17H21NO/c1-4-18-13(2)14-8-10-15(11-9-14)16-6-5-7-17(12-16)19-3/h5-13,18H,4H2,1-3H3. The molecule has 100 valence electrons. The molecule has 2 nitrogen and oxygen atoms in total. The fraction of sp³-hybridized carbons (Fsp3) is 0.294. The summed E-state index contributed by atoms with van der Waals surface area (Å²) in [4.78, 5) is 0. The summed E-state index contributed by atoms with van der Waals surface area (Å²) in [5.74, 6) is 0.891. The fourth-order valence-electron chi connectivity index (χ4n) is 2.19. The van der Waals surface area contributed by atoms with Gasteiger partial charge in [-0.1, -0.05) is 43.3 Å². The number of hydrogen-bond donors (Lipinski definition) is 1. The van der Waals surface area contributed by atoms with Crippen molar-refractivity contribution >= 4 is 0 Å². The predicted molar refractivity (Wildman–Crippen MR) is 80.5 cm³/mol. The SMILES string of the molecule is CCNC(C)c1ccc(-c2cccc(OC)c2)cc1. The van der Waals surface area contributed by atoms with Crippen LogP contribution in [0.5, 0.6) is 5.75 Å². The van der Waals surface area contributed by atoms with E-state index in [1.807, 2.05) is 12.1 Å². The van der Waals surface area contributed by atoms with Crippen molar-refractivity contribution in [1.29, 1.82) is 0 Å². The van der Waals surface area contributed by atoms with E-state index in [1.165, 1.54) is 16.7 Å². The first-order valence-corrected chi connectivity index (χ1v) is 6.72. The van der Waals surface area contributed by atoms with Crippen LogP contribution in [-0.2, 0) is 0 Å². The van der Waals surface area contributed by atoms with Crippen LogP contribution >= 0.6 is 0 Å². The third-order valence-corrected chi connectivity index (χ3v) is 3.32. The molecule has 19 heavy (non-hydrogen) atoms. The summed E-state index contributed by atoms with van der Waals surface area (Å²) in [6.07, 6.45) is 0. The molecule has 1 unspecified atom stereocenters. The van der Waals surface area contributed by atoms with Gasteiger partial charge in [-0.05, 0) is 42.3 Å². The maximum absolute atomic E-state index is 5.26. The molecule has 0 saturated heterocycles. The molecule has 2 aromatic rings. The van der Waals surface area contributed by atoms with E-state index in [4.69, 9.17) is 4.74 Å². The zero-order chi connectivity index (χ0) is 13.7. The highest BCUT2D eigenvalue weighted by Gasteiger charge is 2.04. The summed E-state index contributed by atoms with van der Waals surface area (Å²) in [5.41, 5.74) is 3.71. The van der Waals surface area contributed by atoms with Gasteiger partial charge in [0, 0.05) is 6.04 Å². The minimum atomic E-state index is 0.393. The summed E-state index contributed by atoms with van der Waals surface area (Å²) < 4.78 is 5.26. The molecule has 2 aromatic carbocycles. The van der Waals surface area contributed by atoms with Crippen LogP contribution in [0.2, 0.25) is 0 Å². The molecule has 2 heteroatoms. The van der Waals surface area contributed by atoms with Crippen molar-refractivity contribution in [2.45, 2.75) is 19.9 Å². The molecule has 1 N–H and O–H groups in total. The summed E-state index contributed by atoms with van der Waals surface area (Å²) in [7, 11) is 1.69. The van der Waals surface area contributed by atoms with Crippen LogP contribution in [0, 0.1) is 0 Å². The Morgan fingerprint density at radius 3 is 2.42 bits per heavy atom. The van der Waals surface area contributed by atoms with Crippen molar-refractivity contribution in [2.24, 2.45) is 0 Å². The average molecular weight is 255 g/mol. The van der Waals surface area contributed by atoms with Crippen molar-refractivity contribution in [3.8, 4) is 16.9 Å². The van der Waals surface area contributed by atoms with Crippen molar-refractivity contribution in [3.63, 3.8) is 0 Å². The van der Waals surface area contributed by atoms with Gasteiger partial charge in [-0.15, -0.1) is 0 Å².